The predicted molar refractivity (Wildman–Crippen MR) is 87.2 cm³/mol. The lowest BCUT2D eigenvalue weighted by Crippen LogP contribution is -2.50. The first-order valence-corrected chi connectivity index (χ1v) is 7.96. The topological polar surface area (TPSA) is 91.6 Å². The number of carbonyl (C=O) groups is 1. The summed E-state index contributed by atoms with van der Waals surface area (Å²) >= 11 is 0. The lowest BCUT2D eigenvalue weighted by atomic mass is 10.2. The van der Waals surface area contributed by atoms with Gasteiger partial charge in [0.15, 0.2) is 0 Å². The van der Waals surface area contributed by atoms with E-state index in [2.05, 4.69) is 16.8 Å². The largest absolute Gasteiger partial charge is 0.467 e. The van der Waals surface area contributed by atoms with E-state index in [0.29, 0.717) is 18.8 Å². The molecule has 0 aliphatic carbocycles. The summed E-state index contributed by atoms with van der Waals surface area (Å²) in [6.45, 7) is 5.72. The molecule has 0 spiro atoms. The van der Waals surface area contributed by atoms with Gasteiger partial charge in [-0.05, 0) is 18.7 Å². The van der Waals surface area contributed by atoms with E-state index in [1.54, 1.807) is 17.0 Å². The van der Waals surface area contributed by atoms with Gasteiger partial charge in [0, 0.05) is 32.4 Å². The summed E-state index contributed by atoms with van der Waals surface area (Å²) in [5.41, 5.74) is -1.19. The smallest absolute Gasteiger partial charge is 0.328 e. The van der Waals surface area contributed by atoms with Crippen LogP contribution < -0.4 is 11.2 Å². The molecule has 8 heteroatoms. The summed E-state index contributed by atoms with van der Waals surface area (Å²) in [7, 11) is 0. The normalized spacial score (nSPS) is 15.6. The summed E-state index contributed by atoms with van der Waals surface area (Å²) in [4.78, 5) is 43.5. The SMILES string of the molecule is CCN1CCN(C(=O)c2c[nH]c(=O)n(Cc3ccco3)c2=O)CC1. The highest BCUT2D eigenvalue weighted by Crippen LogP contribution is 2.06. The van der Waals surface area contributed by atoms with Crippen LogP contribution in [0.1, 0.15) is 23.0 Å². The van der Waals surface area contributed by atoms with Gasteiger partial charge in [0.05, 0.1) is 12.8 Å². The minimum absolute atomic E-state index is 0.00804. The Labute approximate surface area is 138 Å². The van der Waals surface area contributed by atoms with Gasteiger partial charge in [0.2, 0.25) is 0 Å². The second-order valence-electron chi connectivity index (χ2n) is 5.70. The van der Waals surface area contributed by atoms with Crippen LogP contribution in [-0.4, -0.2) is 58.0 Å². The van der Waals surface area contributed by atoms with Gasteiger partial charge in [-0.25, -0.2) is 4.79 Å². The molecule has 1 saturated heterocycles. The maximum absolute atomic E-state index is 12.6. The standard InChI is InChI=1S/C16H20N4O4/c1-2-18-5-7-19(8-6-18)14(21)13-10-17-16(23)20(15(13)22)11-12-4-3-9-24-12/h3-4,9-10H,2,5-8,11H2,1H3,(H,17,23). The zero-order valence-electron chi connectivity index (χ0n) is 13.5. The molecule has 24 heavy (non-hydrogen) atoms. The van der Waals surface area contributed by atoms with E-state index < -0.39 is 11.2 Å². The molecule has 0 saturated carbocycles. The Morgan fingerprint density at radius 3 is 2.62 bits per heavy atom. The predicted octanol–water partition coefficient (Wildman–Crippen LogP) is -0.0444. The van der Waals surface area contributed by atoms with Crippen LogP contribution in [0.4, 0.5) is 0 Å². The number of hydrogen-bond donors (Lipinski definition) is 1. The van der Waals surface area contributed by atoms with E-state index >= 15 is 0 Å². The van der Waals surface area contributed by atoms with Crippen LogP contribution in [0.25, 0.3) is 0 Å². The van der Waals surface area contributed by atoms with Crippen LogP contribution in [0.5, 0.6) is 0 Å². The molecule has 0 aromatic carbocycles. The van der Waals surface area contributed by atoms with Gasteiger partial charge in [-0.15, -0.1) is 0 Å². The highest BCUT2D eigenvalue weighted by atomic mass is 16.3. The summed E-state index contributed by atoms with van der Waals surface area (Å²) < 4.78 is 6.16. The third-order valence-electron chi connectivity index (χ3n) is 4.29. The number of nitrogens with one attached hydrogen (secondary N) is 1. The van der Waals surface area contributed by atoms with Gasteiger partial charge in [-0.2, -0.15) is 0 Å². The van der Waals surface area contributed by atoms with Gasteiger partial charge in [-0.1, -0.05) is 6.92 Å². The number of carbonyl (C=O) groups excluding carboxylic acids is 1. The quantitative estimate of drug-likeness (QED) is 0.848. The van der Waals surface area contributed by atoms with Crippen LogP contribution in [0.15, 0.2) is 38.6 Å². The Bertz CT molecular complexity index is 813. The van der Waals surface area contributed by atoms with Crippen molar-refractivity contribution in [2.45, 2.75) is 13.5 Å². The van der Waals surface area contributed by atoms with Crippen molar-refractivity contribution in [2.75, 3.05) is 32.7 Å². The van der Waals surface area contributed by atoms with Crippen molar-refractivity contribution in [3.8, 4) is 0 Å². The Morgan fingerprint density at radius 2 is 2.00 bits per heavy atom. The van der Waals surface area contributed by atoms with E-state index in [4.69, 9.17) is 4.42 Å². The fourth-order valence-corrected chi connectivity index (χ4v) is 2.80. The number of aromatic nitrogens is 2. The molecule has 0 bridgehead atoms. The van der Waals surface area contributed by atoms with Crippen molar-refractivity contribution in [2.24, 2.45) is 0 Å². The number of furan rings is 1. The monoisotopic (exact) mass is 332 g/mol. The number of nitrogens with zero attached hydrogens (tertiary/aromatic N) is 3. The number of hydrogen-bond acceptors (Lipinski definition) is 5. The van der Waals surface area contributed by atoms with E-state index in [0.717, 1.165) is 24.2 Å². The molecule has 1 aliphatic heterocycles. The highest BCUT2D eigenvalue weighted by molar-refractivity contribution is 5.93. The molecule has 3 rings (SSSR count). The van der Waals surface area contributed by atoms with Gasteiger partial charge in [-0.3, -0.25) is 14.2 Å². The van der Waals surface area contributed by atoms with Gasteiger partial charge >= 0.3 is 5.69 Å². The molecule has 1 fully saturated rings. The second kappa shape index (κ2) is 6.88. The number of piperazine rings is 1. The third-order valence-corrected chi connectivity index (χ3v) is 4.29. The van der Waals surface area contributed by atoms with Gasteiger partial charge in [0.1, 0.15) is 11.3 Å². The minimum Gasteiger partial charge on any atom is -0.467 e. The molecule has 1 aliphatic rings. The molecule has 128 valence electrons. The van der Waals surface area contributed by atoms with E-state index in [-0.39, 0.29) is 18.0 Å². The fraction of sp³-hybridized carbons (Fsp3) is 0.438. The van der Waals surface area contributed by atoms with Gasteiger partial charge in [0.25, 0.3) is 11.5 Å². The first-order valence-electron chi connectivity index (χ1n) is 7.96. The molecular formula is C16H20N4O4. The molecular weight excluding hydrogens is 312 g/mol. The minimum atomic E-state index is -0.599. The van der Waals surface area contributed by atoms with Gasteiger partial charge < -0.3 is 19.2 Å². The van der Waals surface area contributed by atoms with E-state index in [1.165, 1.54) is 12.5 Å². The first-order chi connectivity index (χ1) is 11.6. The van der Waals surface area contributed by atoms with Crippen molar-refractivity contribution in [3.05, 3.63) is 56.8 Å². The first kappa shape index (κ1) is 16.3. The third kappa shape index (κ3) is 3.18. The Kier molecular flexibility index (Phi) is 4.66. The molecule has 0 radical (unpaired) electrons. The number of H-pyrrole nitrogens is 1. The van der Waals surface area contributed by atoms with Crippen molar-refractivity contribution >= 4 is 5.91 Å². The number of aromatic amines is 1. The Hall–Kier alpha value is -2.61. The van der Waals surface area contributed by atoms with Crippen molar-refractivity contribution in [1.29, 1.82) is 0 Å². The molecule has 8 nitrogen and oxygen atoms in total. The molecule has 1 amide bonds. The zero-order chi connectivity index (χ0) is 17.1. The average molecular weight is 332 g/mol. The number of rotatable bonds is 4. The molecule has 3 heterocycles. The van der Waals surface area contributed by atoms with Crippen molar-refractivity contribution in [3.63, 3.8) is 0 Å². The summed E-state index contributed by atoms with van der Waals surface area (Å²) in [6.07, 6.45) is 2.68. The zero-order valence-corrected chi connectivity index (χ0v) is 13.5. The second-order valence-corrected chi connectivity index (χ2v) is 5.70. The van der Waals surface area contributed by atoms with Crippen LogP contribution in [0.3, 0.4) is 0 Å². The maximum atomic E-state index is 12.6. The van der Waals surface area contributed by atoms with Crippen LogP contribution in [0, 0.1) is 0 Å². The Morgan fingerprint density at radius 1 is 1.25 bits per heavy atom. The summed E-state index contributed by atoms with van der Waals surface area (Å²) in [6, 6.07) is 3.35. The fourth-order valence-electron chi connectivity index (χ4n) is 2.80. The van der Waals surface area contributed by atoms with E-state index in [9.17, 15) is 14.4 Å². The number of amides is 1. The van der Waals surface area contributed by atoms with Crippen molar-refractivity contribution in [1.82, 2.24) is 19.4 Å². The maximum Gasteiger partial charge on any atom is 0.328 e. The summed E-state index contributed by atoms with van der Waals surface area (Å²) in [5.74, 6) is 0.129. The van der Waals surface area contributed by atoms with Crippen LogP contribution in [-0.2, 0) is 6.54 Å². The highest BCUT2D eigenvalue weighted by Gasteiger charge is 2.24. The molecule has 0 unspecified atom stereocenters. The average Bonchev–Trinajstić information content (AvgIpc) is 3.11. The molecule has 0 atom stereocenters. The van der Waals surface area contributed by atoms with Crippen LogP contribution in [0.2, 0.25) is 0 Å². The molecule has 2 aromatic rings. The number of likely N-dealkylation sites (N-methyl/N-ethyl adjacent to an activating group) is 1. The van der Waals surface area contributed by atoms with E-state index in [1.807, 2.05) is 0 Å². The summed E-state index contributed by atoms with van der Waals surface area (Å²) in [5, 5.41) is 0. The lowest BCUT2D eigenvalue weighted by molar-refractivity contribution is 0.0640. The molecule has 1 N–H and O–H groups in total. The lowest BCUT2D eigenvalue weighted by Gasteiger charge is -2.33. The Balaban J connectivity index is 1.85. The van der Waals surface area contributed by atoms with Crippen LogP contribution >= 0.6 is 0 Å². The molecule has 2 aromatic heterocycles. The van der Waals surface area contributed by atoms with Crippen molar-refractivity contribution < 1.29 is 9.21 Å².